The van der Waals surface area contributed by atoms with Gasteiger partial charge in [-0.1, -0.05) is 0 Å². The highest BCUT2D eigenvalue weighted by atomic mass is 19.2. The van der Waals surface area contributed by atoms with E-state index >= 15 is 0 Å². The van der Waals surface area contributed by atoms with Gasteiger partial charge in [-0.3, -0.25) is 14.3 Å². The highest BCUT2D eigenvalue weighted by molar-refractivity contribution is 5.02. The molecule has 1 aliphatic heterocycles. The first-order valence-electron chi connectivity index (χ1n) is 5.35. The van der Waals surface area contributed by atoms with Crippen molar-refractivity contribution in [2.45, 2.75) is 31.5 Å². The van der Waals surface area contributed by atoms with Crippen molar-refractivity contribution < 1.29 is 19.3 Å². The lowest BCUT2D eigenvalue weighted by Gasteiger charge is -2.20. The molecule has 100 valence electrons. The van der Waals surface area contributed by atoms with Gasteiger partial charge in [-0.2, -0.15) is 0 Å². The lowest BCUT2D eigenvalue weighted by atomic mass is 10.1. The molecule has 1 aliphatic rings. The first-order valence-corrected chi connectivity index (χ1v) is 5.35. The normalized spacial score (nSPS) is 31.8. The van der Waals surface area contributed by atoms with Crippen LogP contribution in [-0.4, -0.2) is 38.3 Å². The van der Waals surface area contributed by atoms with Gasteiger partial charge in [-0.25, -0.2) is 9.18 Å². The molecule has 0 aliphatic carbocycles. The predicted octanol–water partition coefficient (Wildman–Crippen LogP) is -1.22. The highest BCUT2D eigenvalue weighted by Gasteiger charge is 2.49. The van der Waals surface area contributed by atoms with Crippen LogP contribution in [0.3, 0.4) is 0 Å². The van der Waals surface area contributed by atoms with Gasteiger partial charge in [0.2, 0.25) is 0 Å². The number of nitrogens with zero attached hydrogens (tertiary/aromatic N) is 1. The SMILES string of the molecule is Cc1cn([C@H]2C[C@@H](O)[C@@](F)(CO)O2)c(=O)[nH]c1=O. The van der Waals surface area contributed by atoms with E-state index in [1.165, 1.54) is 13.1 Å². The minimum absolute atomic E-state index is 0.192. The number of halogens is 1. The van der Waals surface area contributed by atoms with Crippen LogP contribution in [0.2, 0.25) is 0 Å². The monoisotopic (exact) mass is 260 g/mol. The molecule has 0 spiro atoms. The van der Waals surface area contributed by atoms with Crippen molar-refractivity contribution in [3.8, 4) is 0 Å². The van der Waals surface area contributed by atoms with Crippen LogP contribution in [0.15, 0.2) is 15.8 Å². The van der Waals surface area contributed by atoms with Gasteiger partial charge in [0, 0.05) is 18.2 Å². The van der Waals surface area contributed by atoms with Crippen LogP contribution in [-0.2, 0) is 4.74 Å². The fraction of sp³-hybridized carbons (Fsp3) is 0.600. The molecule has 2 rings (SSSR count). The van der Waals surface area contributed by atoms with E-state index in [2.05, 4.69) is 0 Å². The molecule has 0 saturated carbocycles. The summed E-state index contributed by atoms with van der Waals surface area (Å²) in [5, 5.41) is 18.3. The van der Waals surface area contributed by atoms with Crippen molar-refractivity contribution in [3.63, 3.8) is 0 Å². The van der Waals surface area contributed by atoms with E-state index in [0.717, 1.165) is 4.57 Å². The topological polar surface area (TPSA) is 105 Å². The number of hydrogen-bond acceptors (Lipinski definition) is 5. The Kier molecular flexibility index (Phi) is 3.09. The highest BCUT2D eigenvalue weighted by Crippen LogP contribution is 2.36. The molecule has 1 aromatic heterocycles. The standard InChI is InChI=1S/C10H13FN2O5/c1-5-3-13(9(17)12-8(5)16)7-2-6(15)10(11,4-14)18-7/h3,6-7,14-15H,2,4H2,1H3,(H,12,16,17)/t6-,7-,10-/m1/s1. The number of H-pyrrole nitrogens is 1. The number of aliphatic hydroxyl groups is 2. The van der Waals surface area contributed by atoms with Gasteiger partial charge in [0.1, 0.15) is 18.9 Å². The third kappa shape index (κ3) is 1.98. The van der Waals surface area contributed by atoms with Gasteiger partial charge in [-0.05, 0) is 6.92 Å². The predicted molar refractivity (Wildman–Crippen MR) is 57.7 cm³/mol. The van der Waals surface area contributed by atoms with Crippen LogP contribution < -0.4 is 11.2 Å². The first kappa shape index (κ1) is 12.9. The van der Waals surface area contributed by atoms with Gasteiger partial charge >= 0.3 is 5.69 Å². The number of hydrogen-bond donors (Lipinski definition) is 3. The lowest BCUT2D eigenvalue weighted by molar-refractivity contribution is -0.207. The molecule has 0 unspecified atom stereocenters. The van der Waals surface area contributed by atoms with Crippen molar-refractivity contribution in [2.75, 3.05) is 6.61 Å². The molecule has 0 bridgehead atoms. The van der Waals surface area contributed by atoms with Crippen LogP contribution in [0, 0.1) is 6.92 Å². The molecule has 8 heteroatoms. The Labute approximate surface area is 100 Å². The maximum atomic E-state index is 13.8. The van der Waals surface area contributed by atoms with Crippen LogP contribution in [0.25, 0.3) is 0 Å². The van der Waals surface area contributed by atoms with Gasteiger partial charge in [-0.15, -0.1) is 0 Å². The van der Waals surface area contributed by atoms with Crippen LogP contribution in [0.4, 0.5) is 4.39 Å². The van der Waals surface area contributed by atoms with Gasteiger partial charge in [0.25, 0.3) is 11.4 Å². The Morgan fingerprint density at radius 3 is 2.89 bits per heavy atom. The summed E-state index contributed by atoms with van der Waals surface area (Å²) in [5.74, 6) is -2.59. The summed E-state index contributed by atoms with van der Waals surface area (Å²) in [6, 6.07) is 0. The summed E-state index contributed by atoms with van der Waals surface area (Å²) in [4.78, 5) is 24.8. The quantitative estimate of drug-likeness (QED) is 0.618. The van der Waals surface area contributed by atoms with Crippen LogP contribution >= 0.6 is 0 Å². The largest absolute Gasteiger partial charge is 0.390 e. The molecule has 1 saturated heterocycles. The minimum atomic E-state index is -2.59. The molecule has 3 atom stereocenters. The Bertz CT molecular complexity index is 568. The van der Waals surface area contributed by atoms with Crippen LogP contribution in [0.1, 0.15) is 18.2 Å². The number of rotatable bonds is 2. The summed E-state index contributed by atoms with van der Waals surface area (Å²) in [5.41, 5.74) is -1.04. The van der Waals surface area contributed by atoms with Crippen molar-refractivity contribution in [2.24, 2.45) is 0 Å². The Morgan fingerprint density at radius 2 is 2.33 bits per heavy atom. The number of aliphatic hydroxyl groups excluding tert-OH is 2. The molecular weight excluding hydrogens is 247 g/mol. The third-order valence-corrected chi connectivity index (χ3v) is 2.93. The van der Waals surface area contributed by atoms with E-state index in [1.54, 1.807) is 0 Å². The van der Waals surface area contributed by atoms with Crippen molar-refractivity contribution in [1.82, 2.24) is 9.55 Å². The average Bonchev–Trinajstić information content (AvgIpc) is 2.61. The molecule has 1 aromatic rings. The molecule has 3 N–H and O–H groups in total. The number of aromatic amines is 1. The smallest absolute Gasteiger partial charge is 0.330 e. The second-order valence-electron chi connectivity index (χ2n) is 4.25. The Hall–Kier alpha value is -1.51. The van der Waals surface area contributed by atoms with Gasteiger partial charge in [0.15, 0.2) is 0 Å². The zero-order valence-electron chi connectivity index (χ0n) is 9.59. The second-order valence-corrected chi connectivity index (χ2v) is 4.25. The lowest BCUT2D eigenvalue weighted by Crippen LogP contribution is -2.38. The zero-order valence-corrected chi connectivity index (χ0v) is 9.59. The molecule has 0 aromatic carbocycles. The zero-order chi connectivity index (χ0) is 13.5. The number of nitrogens with one attached hydrogen (secondary N) is 1. The third-order valence-electron chi connectivity index (χ3n) is 2.93. The Morgan fingerprint density at radius 1 is 1.67 bits per heavy atom. The molecule has 1 fully saturated rings. The number of alkyl halides is 1. The summed E-state index contributed by atoms with van der Waals surface area (Å²) in [6.07, 6.45) is -1.57. The van der Waals surface area contributed by atoms with Crippen molar-refractivity contribution in [1.29, 1.82) is 0 Å². The molecule has 0 amide bonds. The van der Waals surface area contributed by atoms with Crippen LogP contribution in [0.5, 0.6) is 0 Å². The van der Waals surface area contributed by atoms with E-state index in [-0.39, 0.29) is 12.0 Å². The van der Waals surface area contributed by atoms with E-state index in [0.29, 0.717) is 0 Å². The fourth-order valence-corrected chi connectivity index (χ4v) is 1.83. The number of aromatic nitrogens is 2. The number of aryl methyl sites for hydroxylation is 1. The minimum Gasteiger partial charge on any atom is -0.390 e. The summed E-state index contributed by atoms with van der Waals surface area (Å²) < 4.78 is 19.6. The maximum Gasteiger partial charge on any atom is 0.330 e. The van der Waals surface area contributed by atoms with Gasteiger partial charge < -0.3 is 14.9 Å². The molecular formula is C10H13FN2O5. The maximum absolute atomic E-state index is 13.8. The Balaban J connectivity index is 2.38. The number of ether oxygens (including phenoxy) is 1. The van der Waals surface area contributed by atoms with E-state index < -0.39 is 36.0 Å². The van der Waals surface area contributed by atoms with Crippen molar-refractivity contribution in [3.05, 3.63) is 32.6 Å². The first-order chi connectivity index (χ1) is 8.37. The summed E-state index contributed by atoms with van der Waals surface area (Å²) in [6.45, 7) is 0.469. The average molecular weight is 260 g/mol. The second kappa shape index (κ2) is 4.30. The molecule has 2 heterocycles. The van der Waals surface area contributed by atoms with E-state index in [4.69, 9.17) is 9.84 Å². The molecule has 7 nitrogen and oxygen atoms in total. The molecule has 0 radical (unpaired) electrons. The molecule has 18 heavy (non-hydrogen) atoms. The summed E-state index contributed by atoms with van der Waals surface area (Å²) >= 11 is 0. The summed E-state index contributed by atoms with van der Waals surface area (Å²) in [7, 11) is 0. The fourth-order valence-electron chi connectivity index (χ4n) is 1.83. The van der Waals surface area contributed by atoms with Crippen molar-refractivity contribution >= 4 is 0 Å². The van der Waals surface area contributed by atoms with E-state index in [1.807, 2.05) is 4.98 Å². The van der Waals surface area contributed by atoms with Gasteiger partial charge in [0.05, 0.1) is 0 Å². The van der Waals surface area contributed by atoms with E-state index in [9.17, 15) is 19.1 Å².